The molecule has 0 aliphatic carbocycles. The molecule has 0 aliphatic rings. The maximum absolute atomic E-state index is 5.17. The minimum atomic E-state index is 0.472. The average molecular weight is 89.5 g/mol. The minimum absolute atomic E-state index is 0.472. The van der Waals surface area contributed by atoms with Crippen LogP contribution in [0.1, 0.15) is 6.92 Å². The Bertz CT molecular complexity index is 38.9. The van der Waals surface area contributed by atoms with Gasteiger partial charge in [-0.1, -0.05) is 12.2 Å². The molecule has 0 N–H and O–H groups in total. The van der Waals surface area contributed by atoms with Gasteiger partial charge in [0.2, 0.25) is 0 Å². The van der Waals surface area contributed by atoms with Gasteiger partial charge in [0.05, 0.1) is 0 Å². The molecule has 0 fully saturated rings. The quantitative estimate of drug-likeness (QED) is 0.428. The Morgan fingerprint density at radius 3 is 2.20 bits per heavy atom. The highest BCUT2D eigenvalue weighted by atomic mass is 35.5. The van der Waals surface area contributed by atoms with E-state index >= 15 is 0 Å². The zero-order chi connectivity index (χ0) is 4.28. The van der Waals surface area contributed by atoms with E-state index in [2.05, 4.69) is 0 Å². The lowest BCUT2D eigenvalue weighted by molar-refractivity contribution is 1.42. The fourth-order valence-corrected chi connectivity index (χ4v) is 0. The largest absolute Gasteiger partial charge is 0.122 e. The van der Waals surface area contributed by atoms with Crippen molar-refractivity contribution in [1.82, 2.24) is 0 Å². The molecule has 1 heteroatoms. The van der Waals surface area contributed by atoms with Crippen LogP contribution >= 0.6 is 11.6 Å². The summed E-state index contributed by atoms with van der Waals surface area (Å²) in [4.78, 5) is 0. The van der Waals surface area contributed by atoms with Crippen LogP contribution in [0.4, 0.5) is 0 Å². The van der Waals surface area contributed by atoms with Gasteiger partial charge in [-0.3, -0.25) is 0 Å². The van der Waals surface area contributed by atoms with E-state index in [1.807, 2.05) is 0 Å². The summed E-state index contributed by atoms with van der Waals surface area (Å²) >= 11 is 5.17. The Hall–Kier alpha value is 0.0300. The Labute approximate surface area is 37.4 Å². The van der Waals surface area contributed by atoms with Crippen LogP contribution in [0.25, 0.3) is 0 Å². The van der Waals surface area contributed by atoms with E-state index in [1.54, 1.807) is 6.92 Å². The molecular formula is C4H6Cl. The summed E-state index contributed by atoms with van der Waals surface area (Å²) in [6.07, 6.45) is 0. The van der Waals surface area contributed by atoms with E-state index in [9.17, 15) is 0 Å². The van der Waals surface area contributed by atoms with Crippen molar-refractivity contribution in [2.75, 3.05) is 5.88 Å². The normalized spacial score (nSPS) is 7.60. The average Bonchev–Trinajstić information content (AvgIpc) is 1.38. The molecule has 0 rings (SSSR count). The zero-order valence-corrected chi connectivity index (χ0v) is 3.92. The molecule has 0 heterocycles. The van der Waals surface area contributed by atoms with Crippen LogP contribution in [-0.2, 0) is 0 Å². The van der Waals surface area contributed by atoms with E-state index in [0.29, 0.717) is 5.88 Å². The molecule has 0 unspecified atom stereocenters. The van der Waals surface area contributed by atoms with Crippen molar-refractivity contribution < 1.29 is 0 Å². The van der Waals surface area contributed by atoms with Crippen LogP contribution in [0.5, 0.6) is 0 Å². The SMILES string of the molecule is [CH]=C(C)CCl. The number of halogens is 1. The van der Waals surface area contributed by atoms with Gasteiger partial charge in [0, 0.05) is 5.88 Å². The fraction of sp³-hybridized carbons (Fsp3) is 0.500. The summed E-state index contributed by atoms with van der Waals surface area (Å²) < 4.78 is 0. The summed E-state index contributed by atoms with van der Waals surface area (Å²) in [7, 11) is 0. The van der Waals surface area contributed by atoms with Crippen LogP contribution in [-0.4, -0.2) is 5.88 Å². The third-order valence-corrected chi connectivity index (χ3v) is 0.632. The molecule has 0 bridgehead atoms. The standard InChI is InChI=1S/C4H6Cl/c1-4(2)3-5/h1H,3H2,2H3. The summed E-state index contributed by atoms with van der Waals surface area (Å²) in [5.41, 5.74) is 0.770. The third-order valence-electron chi connectivity index (χ3n) is 0.211. The van der Waals surface area contributed by atoms with Crippen molar-refractivity contribution in [1.29, 1.82) is 0 Å². The predicted octanol–water partition coefficient (Wildman–Crippen LogP) is 1.60. The molecule has 0 aromatic carbocycles. The second-order valence-electron chi connectivity index (χ2n) is 0.980. The van der Waals surface area contributed by atoms with E-state index in [4.69, 9.17) is 18.2 Å². The first-order valence-corrected chi connectivity index (χ1v) is 1.94. The summed E-state index contributed by atoms with van der Waals surface area (Å²) in [6, 6.07) is 0. The summed E-state index contributed by atoms with van der Waals surface area (Å²) in [5.74, 6) is 0.472. The first-order chi connectivity index (χ1) is 2.27. The van der Waals surface area contributed by atoms with E-state index in [1.165, 1.54) is 0 Å². The number of alkyl halides is 1. The molecule has 29 valence electrons. The molecule has 0 saturated carbocycles. The molecule has 0 amide bonds. The highest BCUT2D eigenvalue weighted by molar-refractivity contribution is 6.19. The van der Waals surface area contributed by atoms with Crippen LogP contribution < -0.4 is 0 Å². The van der Waals surface area contributed by atoms with Gasteiger partial charge in [0.15, 0.2) is 0 Å². The maximum Gasteiger partial charge on any atom is 0.0433 e. The Balaban J connectivity index is 2.85. The van der Waals surface area contributed by atoms with Crippen LogP contribution in [0.15, 0.2) is 5.57 Å². The van der Waals surface area contributed by atoms with E-state index < -0.39 is 0 Å². The summed E-state index contributed by atoms with van der Waals surface area (Å²) in [5, 5.41) is 0. The zero-order valence-electron chi connectivity index (χ0n) is 3.16. The Morgan fingerprint density at radius 1 is 2.00 bits per heavy atom. The van der Waals surface area contributed by atoms with Crippen LogP contribution in [0.3, 0.4) is 0 Å². The molecule has 0 aromatic heterocycles. The molecule has 1 radical (unpaired) electrons. The number of hydrogen-bond donors (Lipinski definition) is 0. The van der Waals surface area contributed by atoms with Gasteiger partial charge in [-0.15, -0.1) is 11.6 Å². The number of rotatable bonds is 1. The van der Waals surface area contributed by atoms with Crippen molar-refractivity contribution in [2.24, 2.45) is 0 Å². The smallest absolute Gasteiger partial charge is 0.0433 e. The molecule has 0 aromatic rings. The van der Waals surface area contributed by atoms with Gasteiger partial charge in [0.25, 0.3) is 0 Å². The van der Waals surface area contributed by atoms with Gasteiger partial charge in [-0.2, -0.15) is 0 Å². The monoisotopic (exact) mass is 89.0 g/mol. The van der Waals surface area contributed by atoms with Crippen molar-refractivity contribution in [3.05, 3.63) is 12.2 Å². The lowest BCUT2D eigenvalue weighted by Gasteiger charge is -1.76. The van der Waals surface area contributed by atoms with Gasteiger partial charge < -0.3 is 0 Å². The first kappa shape index (κ1) is 5.03. The van der Waals surface area contributed by atoms with Gasteiger partial charge >= 0.3 is 0 Å². The Morgan fingerprint density at radius 2 is 2.20 bits per heavy atom. The highest BCUT2D eigenvalue weighted by Gasteiger charge is 1.70. The van der Waals surface area contributed by atoms with Gasteiger partial charge in [0.1, 0.15) is 0 Å². The van der Waals surface area contributed by atoms with Crippen LogP contribution in [0, 0.1) is 6.58 Å². The van der Waals surface area contributed by atoms with Crippen molar-refractivity contribution >= 4 is 11.6 Å². The van der Waals surface area contributed by atoms with E-state index in [0.717, 1.165) is 5.57 Å². The van der Waals surface area contributed by atoms with Crippen molar-refractivity contribution in [3.8, 4) is 0 Å². The maximum atomic E-state index is 5.17. The molecule has 0 saturated heterocycles. The fourth-order valence-electron chi connectivity index (χ4n) is 0. The first-order valence-electron chi connectivity index (χ1n) is 1.41. The van der Waals surface area contributed by atoms with Crippen molar-refractivity contribution in [3.63, 3.8) is 0 Å². The number of hydrogen-bond acceptors (Lipinski definition) is 0. The third kappa shape index (κ3) is 4.03. The van der Waals surface area contributed by atoms with Gasteiger partial charge in [-0.25, -0.2) is 0 Å². The predicted molar refractivity (Wildman–Crippen MR) is 24.2 cm³/mol. The van der Waals surface area contributed by atoms with Crippen molar-refractivity contribution in [2.45, 2.75) is 6.92 Å². The van der Waals surface area contributed by atoms with Gasteiger partial charge in [-0.05, 0) is 6.92 Å². The lowest BCUT2D eigenvalue weighted by atomic mass is 10.4. The molecule has 0 nitrogen and oxygen atoms in total. The van der Waals surface area contributed by atoms with E-state index in [-0.39, 0.29) is 0 Å². The molecular weight excluding hydrogens is 83.5 g/mol. The molecule has 0 atom stereocenters. The highest BCUT2D eigenvalue weighted by Crippen LogP contribution is 1.86. The molecule has 0 spiro atoms. The minimum Gasteiger partial charge on any atom is -0.122 e. The summed E-state index contributed by atoms with van der Waals surface area (Å²) in [6.45, 7) is 6.86. The lowest BCUT2D eigenvalue weighted by Crippen LogP contribution is -1.66. The second kappa shape index (κ2) is 2.28. The second-order valence-corrected chi connectivity index (χ2v) is 1.25. The number of allylic oxidation sites excluding steroid dienone is 1. The van der Waals surface area contributed by atoms with Crippen LogP contribution in [0.2, 0.25) is 0 Å². The molecule has 5 heavy (non-hydrogen) atoms. The molecule has 0 aliphatic heterocycles. The Kier molecular flexibility index (Phi) is 2.29. The topological polar surface area (TPSA) is 0 Å².